The van der Waals surface area contributed by atoms with Crippen LogP contribution in [0, 0.1) is 0 Å². The fourth-order valence-electron chi connectivity index (χ4n) is 2.88. The van der Waals surface area contributed by atoms with Crippen molar-refractivity contribution in [3.05, 3.63) is 78.8 Å². The van der Waals surface area contributed by atoms with Crippen molar-refractivity contribution in [2.24, 2.45) is 0 Å². The standard InChI is InChI=1S/C23H24N2O4/c1-2-28-22(26)14-15-25(17-21-9-6-16-29-21)23(27)24-20-12-10-19(11-13-20)18-7-4-3-5-8-18/h3-13,16H,2,14-15,17H2,1H3,(H,24,27). The minimum absolute atomic E-state index is 0.120. The predicted octanol–water partition coefficient (Wildman–Crippen LogP) is 4.93. The second kappa shape index (κ2) is 10.1. The van der Waals surface area contributed by atoms with Crippen LogP contribution in [-0.2, 0) is 16.1 Å². The summed E-state index contributed by atoms with van der Waals surface area (Å²) in [5.74, 6) is 0.306. The Balaban J connectivity index is 1.65. The first kappa shape index (κ1) is 20.2. The number of urea groups is 1. The van der Waals surface area contributed by atoms with Gasteiger partial charge in [-0.25, -0.2) is 4.79 Å². The molecule has 0 aliphatic rings. The van der Waals surface area contributed by atoms with Crippen LogP contribution in [0.25, 0.3) is 11.1 Å². The summed E-state index contributed by atoms with van der Waals surface area (Å²) in [5.41, 5.74) is 2.85. The molecule has 1 N–H and O–H groups in total. The van der Waals surface area contributed by atoms with Gasteiger partial charge in [-0.2, -0.15) is 0 Å². The molecule has 6 nitrogen and oxygen atoms in total. The number of benzene rings is 2. The normalized spacial score (nSPS) is 10.4. The molecule has 150 valence electrons. The highest BCUT2D eigenvalue weighted by Gasteiger charge is 2.17. The van der Waals surface area contributed by atoms with Gasteiger partial charge in [-0.15, -0.1) is 0 Å². The van der Waals surface area contributed by atoms with E-state index in [1.54, 1.807) is 25.3 Å². The zero-order valence-electron chi connectivity index (χ0n) is 16.3. The molecule has 0 aliphatic heterocycles. The maximum atomic E-state index is 12.8. The number of nitrogens with zero attached hydrogens (tertiary/aromatic N) is 1. The number of ether oxygens (including phenoxy) is 1. The van der Waals surface area contributed by atoms with E-state index in [4.69, 9.17) is 9.15 Å². The monoisotopic (exact) mass is 392 g/mol. The lowest BCUT2D eigenvalue weighted by Gasteiger charge is -2.22. The van der Waals surface area contributed by atoms with E-state index in [0.29, 0.717) is 18.1 Å². The van der Waals surface area contributed by atoms with Gasteiger partial charge in [0, 0.05) is 12.2 Å². The van der Waals surface area contributed by atoms with E-state index in [1.807, 2.05) is 54.6 Å². The summed E-state index contributed by atoms with van der Waals surface area (Å²) < 4.78 is 10.3. The molecule has 29 heavy (non-hydrogen) atoms. The zero-order valence-corrected chi connectivity index (χ0v) is 16.3. The molecule has 0 spiro atoms. The summed E-state index contributed by atoms with van der Waals surface area (Å²) in [5, 5.41) is 2.88. The number of amides is 2. The lowest BCUT2D eigenvalue weighted by molar-refractivity contribution is -0.143. The number of carbonyl (C=O) groups excluding carboxylic acids is 2. The largest absolute Gasteiger partial charge is 0.467 e. The summed E-state index contributed by atoms with van der Waals surface area (Å²) >= 11 is 0. The number of hydrogen-bond acceptors (Lipinski definition) is 4. The van der Waals surface area contributed by atoms with E-state index in [1.165, 1.54) is 4.90 Å². The topological polar surface area (TPSA) is 71.8 Å². The molecule has 6 heteroatoms. The van der Waals surface area contributed by atoms with Crippen LogP contribution in [0.1, 0.15) is 19.1 Å². The van der Waals surface area contributed by atoms with Crippen molar-refractivity contribution >= 4 is 17.7 Å². The van der Waals surface area contributed by atoms with Crippen LogP contribution in [-0.4, -0.2) is 30.1 Å². The van der Waals surface area contributed by atoms with Gasteiger partial charge in [-0.05, 0) is 42.3 Å². The molecule has 0 fully saturated rings. The third-order valence-corrected chi connectivity index (χ3v) is 4.35. The van der Waals surface area contributed by atoms with Gasteiger partial charge < -0.3 is 19.4 Å². The Bertz CT molecular complexity index is 906. The average molecular weight is 392 g/mol. The fourth-order valence-corrected chi connectivity index (χ4v) is 2.88. The number of rotatable bonds is 8. The Hall–Kier alpha value is -3.54. The van der Waals surface area contributed by atoms with Gasteiger partial charge in [0.1, 0.15) is 5.76 Å². The van der Waals surface area contributed by atoms with Crippen LogP contribution >= 0.6 is 0 Å². The Morgan fingerprint density at radius 1 is 0.966 bits per heavy atom. The van der Waals surface area contributed by atoms with E-state index in [-0.39, 0.29) is 31.5 Å². The number of anilines is 1. The maximum absolute atomic E-state index is 12.8. The van der Waals surface area contributed by atoms with E-state index in [2.05, 4.69) is 5.32 Å². The summed E-state index contributed by atoms with van der Waals surface area (Å²) in [4.78, 5) is 26.0. The highest BCUT2D eigenvalue weighted by atomic mass is 16.5. The molecule has 2 amide bonds. The molecule has 0 radical (unpaired) electrons. The van der Waals surface area contributed by atoms with E-state index < -0.39 is 0 Å². The van der Waals surface area contributed by atoms with Crippen molar-refractivity contribution in [1.82, 2.24) is 4.90 Å². The molecule has 1 heterocycles. The lowest BCUT2D eigenvalue weighted by atomic mass is 10.1. The predicted molar refractivity (Wildman–Crippen MR) is 111 cm³/mol. The van der Waals surface area contributed by atoms with Gasteiger partial charge in [0.05, 0.1) is 25.8 Å². The molecule has 0 aliphatic carbocycles. The fraction of sp³-hybridized carbons (Fsp3) is 0.217. The molecule has 0 unspecified atom stereocenters. The van der Waals surface area contributed by atoms with Crippen molar-refractivity contribution in [3.8, 4) is 11.1 Å². The van der Waals surface area contributed by atoms with Gasteiger partial charge in [0.25, 0.3) is 0 Å². The summed E-state index contributed by atoms with van der Waals surface area (Å²) in [6.07, 6.45) is 1.67. The van der Waals surface area contributed by atoms with Crippen molar-refractivity contribution in [2.45, 2.75) is 19.9 Å². The van der Waals surface area contributed by atoms with Crippen LogP contribution in [0.3, 0.4) is 0 Å². The first-order valence-corrected chi connectivity index (χ1v) is 9.55. The molecule has 0 saturated carbocycles. The quantitative estimate of drug-likeness (QED) is 0.552. The minimum atomic E-state index is -0.336. The van der Waals surface area contributed by atoms with E-state index >= 15 is 0 Å². The molecule has 1 aromatic heterocycles. The summed E-state index contributed by atoms with van der Waals surface area (Å²) in [6.45, 7) is 2.56. The lowest BCUT2D eigenvalue weighted by Crippen LogP contribution is -2.36. The van der Waals surface area contributed by atoms with Gasteiger partial charge in [0.2, 0.25) is 0 Å². The highest BCUT2D eigenvalue weighted by molar-refractivity contribution is 5.90. The van der Waals surface area contributed by atoms with Gasteiger partial charge in [-0.1, -0.05) is 42.5 Å². The van der Waals surface area contributed by atoms with Crippen LogP contribution < -0.4 is 5.32 Å². The molecule has 2 aromatic carbocycles. The Kier molecular flexibility index (Phi) is 7.05. The number of esters is 1. The van der Waals surface area contributed by atoms with Crippen LogP contribution in [0.4, 0.5) is 10.5 Å². The third kappa shape index (κ3) is 5.97. The van der Waals surface area contributed by atoms with E-state index in [9.17, 15) is 9.59 Å². The minimum Gasteiger partial charge on any atom is -0.467 e. The first-order chi connectivity index (χ1) is 14.2. The molecular formula is C23H24N2O4. The average Bonchev–Trinajstić information content (AvgIpc) is 3.25. The van der Waals surface area contributed by atoms with Crippen LogP contribution in [0.2, 0.25) is 0 Å². The molecule has 0 atom stereocenters. The smallest absolute Gasteiger partial charge is 0.322 e. The van der Waals surface area contributed by atoms with Crippen LogP contribution in [0.5, 0.6) is 0 Å². The summed E-state index contributed by atoms with van der Waals surface area (Å²) in [6, 6.07) is 20.9. The van der Waals surface area contributed by atoms with Gasteiger partial charge in [-0.3, -0.25) is 4.79 Å². The second-order valence-corrected chi connectivity index (χ2v) is 6.43. The molecule has 0 bridgehead atoms. The maximum Gasteiger partial charge on any atom is 0.322 e. The Labute approximate surface area is 170 Å². The SMILES string of the molecule is CCOC(=O)CCN(Cc1ccco1)C(=O)Nc1ccc(-c2ccccc2)cc1. The number of nitrogens with one attached hydrogen (secondary N) is 1. The number of hydrogen-bond donors (Lipinski definition) is 1. The molecule has 3 aromatic rings. The third-order valence-electron chi connectivity index (χ3n) is 4.35. The first-order valence-electron chi connectivity index (χ1n) is 9.55. The Morgan fingerprint density at radius 3 is 2.34 bits per heavy atom. The van der Waals surface area contributed by atoms with Crippen molar-refractivity contribution in [3.63, 3.8) is 0 Å². The number of furan rings is 1. The van der Waals surface area contributed by atoms with Crippen molar-refractivity contribution in [2.75, 3.05) is 18.5 Å². The molecular weight excluding hydrogens is 368 g/mol. The molecule has 3 rings (SSSR count). The Morgan fingerprint density at radius 2 is 1.69 bits per heavy atom. The van der Waals surface area contributed by atoms with Crippen molar-refractivity contribution < 1.29 is 18.7 Å². The zero-order chi connectivity index (χ0) is 20.5. The second-order valence-electron chi connectivity index (χ2n) is 6.43. The van der Waals surface area contributed by atoms with Gasteiger partial charge in [0.15, 0.2) is 0 Å². The molecule has 0 saturated heterocycles. The van der Waals surface area contributed by atoms with E-state index in [0.717, 1.165) is 11.1 Å². The number of carbonyl (C=O) groups is 2. The highest BCUT2D eigenvalue weighted by Crippen LogP contribution is 2.21. The van der Waals surface area contributed by atoms with Crippen LogP contribution in [0.15, 0.2) is 77.4 Å². The summed E-state index contributed by atoms with van der Waals surface area (Å²) in [7, 11) is 0. The van der Waals surface area contributed by atoms with Crippen molar-refractivity contribution in [1.29, 1.82) is 0 Å². The van der Waals surface area contributed by atoms with Gasteiger partial charge >= 0.3 is 12.0 Å².